The Bertz CT molecular complexity index is 820. The van der Waals surface area contributed by atoms with Gasteiger partial charge in [0, 0.05) is 29.3 Å². The maximum Gasteiger partial charge on any atom is 0.252 e. The van der Waals surface area contributed by atoms with E-state index in [4.69, 9.17) is 0 Å². The average Bonchev–Trinajstić information content (AvgIpc) is 2.84. The van der Waals surface area contributed by atoms with Crippen LogP contribution in [0.15, 0.2) is 42.6 Å². The van der Waals surface area contributed by atoms with Crippen molar-refractivity contribution in [3.8, 4) is 17.6 Å². The molecule has 23 heavy (non-hydrogen) atoms. The van der Waals surface area contributed by atoms with Crippen LogP contribution in [0.1, 0.15) is 10.4 Å². The summed E-state index contributed by atoms with van der Waals surface area (Å²) >= 11 is 4.03. The number of benzene rings is 1. The molecule has 3 aromatic rings. The number of hydrogen-bond donors (Lipinski definition) is 4. The molecular weight excluding hydrogens is 314 g/mol. The van der Waals surface area contributed by atoms with Crippen LogP contribution in [0.3, 0.4) is 0 Å². The highest BCUT2D eigenvalue weighted by molar-refractivity contribution is 7.80. The molecule has 1 amide bonds. The van der Waals surface area contributed by atoms with Gasteiger partial charge < -0.3 is 15.5 Å². The third-order valence-corrected chi connectivity index (χ3v) is 3.69. The van der Waals surface area contributed by atoms with Crippen molar-refractivity contribution in [1.82, 2.24) is 14.9 Å². The second-order valence-electron chi connectivity index (χ2n) is 4.91. The van der Waals surface area contributed by atoms with Gasteiger partial charge in [0.15, 0.2) is 0 Å². The summed E-state index contributed by atoms with van der Waals surface area (Å²) in [5.74, 6) is 0.427. The highest BCUT2D eigenvalue weighted by Gasteiger charge is 2.17. The summed E-state index contributed by atoms with van der Waals surface area (Å²) in [5, 5.41) is 24.3. The van der Waals surface area contributed by atoms with E-state index in [-0.39, 0.29) is 17.7 Å². The van der Waals surface area contributed by atoms with Crippen LogP contribution < -0.4 is 5.32 Å². The average molecular weight is 329 g/mol. The first-order valence-electron chi connectivity index (χ1n) is 7.00. The summed E-state index contributed by atoms with van der Waals surface area (Å²) in [6, 6.07) is 10.1. The van der Waals surface area contributed by atoms with E-state index in [1.807, 2.05) is 0 Å². The minimum atomic E-state index is -0.246. The van der Waals surface area contributed by atoms with Crippen molar-refractivity contribution in [3.63, 3.8) is 0 Å². The Labute approximate surface area is 137 Å². The molecule has 3 rings (SSSR count). The van der Waals surface area contributed by atoms with Gasteiger partial charge in [-0.3, -0.25) is 4.79 Å². The summed E-state index contributed by atoms with van der Waals surface area (Å²) in [4.78, 5) is 16.0. The predicted octanol–water partition coefficient (Wildman–Crippen LogP) is 2.10. The van der Waals surface area contributed by atoms with Crippen LogP contribution >= 0.6 is 12.6 Å². The van der Waals surface area contributed by atoms with Gasteiger partial charge in [0.2, 0.25) is 11.8 Å². The number of carbonyl (C=O) groups is 1. The van der Waals surface area contributed by atoms with Gasteiger partial charge in [0.25, 0.3) is 5.91 Å². The second kappa shape index (κ2) is 6.21. The van der Waals surface area contributed by atoms with Crippen molar-refractivity contribution < 1.29 is 15.0 Å². The van der Waals surface area contributed by atoms with Crippen molar-refractivity contribution in [3.05, 3.63) is 48.2 Å². The largest absolute Gasteiger partial charge is 0.494 e. The molecule has 0 aliphatic carbocycles. The first-order chi connectivity index (χ1) is 11.1. The van der Waals surface area contributed by atoms with Gasteiger partial charge in [-0.15, -0.1) is 0 Å². The lowest BCUT2D eigenvalue weighted by molar-refractivity contribution is 0.0956. The first-order valence-corrected chi connectivity index (χ1v) is 7.63. The molecule has 2 heterocycles. The van der Waals surface area contributed by atoms with E-state index < -0.39 is 0 Å². The lowest BCUT2D eigenvalue weighted by Gasteiger charge is -2.07. The van der Waals surface area contributed by atoms with Crippen molar-refractivity contribution in [2.24, 2.45) is 0 Å². The van der Waals surface area contributed by atoms with Crippen molar-refractivity contribution in [2.75, 3.05) is 12.3 Å². The number of carbonyl (C=O) groups excluding carboxylic acids is 1. The van der Waals surface area contributed by atoms with Crippen LogP contribution in [0, 0.1) is 0 Å². The monoisotopic (exact) mass is 329 g/mol. The molecule has 0 radical (unpaired) electrons. The normalized spacial score (nSPS) is 10.8. The number of aromatic hydroxyl groups is 2. The van der Waals surface area contributed by atoms with Crippen molar-refractivity contribution in [1.29, 1.82) is 0 Å². The fraction of sp³-hybridized carbons (Fsp3) is 0.125. The smallest absolute Gasteiger partial charge is 0.252 e. The van der Waals surface area contributed by atoms with E-state index in [9.17, 15) is 15.0 Å². The SMILES string of the molecule is O=C(NCCS)c1ccc(-n2c(O)c3ccccc3c2O)nc1. The zero-order valence-corrected chi connectivity index (χ0v) is 13.0. The highest BCUT2D eigenvalue weighted by atomic mass is 32.1. The second-order valence-corrected chi connectivity index (χ2v) is 5.36. The van der Waals surface area contributed by atoms with Gasteiger partial charge in [0.1, 0.15) is 5.82 Å². The van der Waals surface area contributed by atoms with Crippen LogP contribution in [0.4, 0.5) is 0 Å². The molecule has 0 saturated carbocycles. The number of thiol groups is 1. The van der Waals surface area contributed by atoms with Crippen LogP contribution in [0.25, 0.3) is 16.6 Å². The molecule has 6 nitrogen and oxygen atoms in total. The number of nitrogens with one attached hydrogen (secondary N) is 1. The standard InChI is InChI=1S/C16H15N3O3S/c20-14(17-7-8-23)10-5-6-13(18-9-10)19-15(21)11-3-1-2-4-12(11)16(19)22/h1-6,9,21-23H,7-8H2,(H,17,20). The van der Waals surface area contributed by atoms with Gasteiger partial charge in [0.05, 0.1) is 5.56 Å². The zero-order valence-electron chi connectivity index (χ0n) is 12.1. The summed E-state index contributed by atoms with van der Waals surface area (Å²) < 4.78 is 1.24. The Balaban J connectivity index is 1.98. The van der Waals surface area contributed by atoms with Gasteiger partial charge in [-0.2, -0.15) is 12.6 Å². The van der Waals surface area contributed by atoms with E-state index in [2.05, 4.69) is 22.9 Å². The lowest BCUT2D eigenvalue weighted by atomic mass is 10.2. The molecule has 2 aromatic heterocycles. The number of rotatable bonds is 4. The molecule has 0 bridgehead atoms. The van der Waals surface area contributed by atoms with Crippen LogP contribution in [0.5, 0.6) is 11.8 Å². The molecular formula is C16H15N3O3S. The third kappa shape index (κ3) is 2.70. The van der Waals surface area contributed by atoms with Gasteiger partial charge in [-0.05, 0) is 24.3 Å². The molecule has 118 valence electrons. The van der Waals surface area contributed by atoms with E-state index in [1.165, 1.54) is 10.8 Å². The number of aromatic nitrogens is 2. The Hall–Kier alpha value is -2.67. The Morgan fingerprint density at radius 3 is 2.30 bits per heavy atom. The Morgan fingerprint density at radius 1 is 1.13 bits per heavy atom. The molecule has 0 aliphatic rings. The van der Waals surface area contributed by atoms with Crippen molar-refractivity contribution >= 4 is 29.3 Å². The van der Waals surface area contributed by atoms with Gasteiger partial charge in [-0.25, -0.2) is 9.55 Å². The molecule has 0 spiro atoms. The van der Waals surface area contributed by atoms with Gasteiger partial charge in [-0.1, -0.05) is 12.1 Å². The Kier molecular flexibility index (Phi) is 4.12. The van der Waals surface area contributed by atoms with E-state index in [0.717, 1.165) is 0 Å². The van der Waals surface area contributed by atoms with Crippen molar-refractivity contribution in [2.45, 2.75) is 0 Å². The molecule has 7 heteroatoms. The molecule has 1 aromatic carbocycles. The molecule has 3 N–H and O–H groups in total. The number of amides is 1. The fourth-order valence-corrected chi connectivity index (χ4v) is 2.47. The quantitative estimate of drug-likeness (QED) is 0.552. The highest BCUT2D eigenvalue weighted by Crippen LogP contribution is 2.37. The van der Waals surface area contributed by atoms with Crippen LogP contribution in [-0.2, 0) is 0 Å². The lowest BCUT2D eigenvalue weighted by Crippen LogP contribution is -2.25. The molecule has 0 atom stereocenters. The minimum Gasteiger partial charge on any atom is -0.494 e. The summed E-state index contributed by atoms with van der Waals surface area (Å²) in [5.41, 5.74) is 0.395. The summed E-state index contributed by atoms with van der Waals surface area (Å²) in [7, 11) is 0. The first kappa shape index (κ1) is 15.2. The zero-order chi connectivity index (χ0) is 16.4. The van der Waals surface area contributed by atoms with E-state index >= 15 is 0 Å². The maximum atomic E-state index is 11.8. The van der Waals surface area contributed by atoms with Gasteiger partial charge >= 0.3 is 0 Å². The van der Waals surface area contributed by atoms with Crippen LogP contribution in [-0.4, -0.2) is 38.0 Å². The molecule has 0 aliphatic heterocycles. The summed E-state index contributed by atoms with van der Waals surface area (Å²) in [6.07, 6.45) is 1.40. The number of hydrogen-bond acceptors (Lipinski definition) is 5. The molecule has 0 unspecified atom stereocenters. The number of nitrogens with zero attached hydrogens (tertiary/aromatic N) is 2. The number of fused-ring (bicyclic) bond motifs is 1. The fourth-order valence-electron chi connectivity index (χ4n) is 2.36. The predicted molar refractivity (Wildman–Crippen MR) is 90.6 cm³/mol. The number of pyridine rings is 1. The Morgan fingerprint density at radius 2 is 1.78 bits per heavy atom. The maximum absolute atomic E-state index is 11.8. The topological polar surface area (TPSA) is 87.4 Å². The molecule has 0 fully saturated rings. The van der Waals surface area contributed by atoms with Crippen LogP contribution in [0.2, 0.25) is 0 Å². The molecule has 0 saturated heterocycles. The third-order valence-electron chi connectivity index (χ3n) is 3.47. The summed E-state index contributed by atoms with van der Waals surface area (Å²) in [6.45, 7) is 0.467. The minimum absolute atomic E-state index is 0.0992. The van der Waals surface area contributed by atoms with E-state index in [1.54, 1.807) is 36.4 Å². The van der Waals surface area contributed by atoms with E-state index in [0.29, 0.717) is 34.5 Å².